The van der Waals surface area contributed by atoms with E-state index in [4.69, 9.17) is 0 Å². The summed E-state index contributed by atoms with van der Waals surface area (Å²) in [6, 6.07) is 3.50. The lowest BCUT2D eigenvalue weighted by atomic mass is 10.1. The van der Waals surface area contributed by atoms with Crippen LogP contribution in [-0.2, 0) is 9.53 Å². The van der Waals surface area contributed by atoms with E-state index in [1.54, 1.807) is 6.07 Å². The molecular weight excluding hydrogens is 318 g/mol. The number of carbonyl (C=O) groups excluding carboxylic acids is 2. The average molecular weight is 332 g/mol. The summed E-state index contributed by atoms with van der Waals surface area (Å²) in [5.74, 6) is 0.0162. The topological polar surface area (TPSA) is 55.4 Å². The van der Waals surface area contributed by atoms with Crippen LogP contribution in [0.25, 0.3) is 0 Å². The Morgan fingerprint density at radius 2 is 2.28 bits per heavy atom. The van der Waals surface area contributed by atoms with Crippen molar-refractivity contribution < 1.29 is 14.3 Å². The fraction of sp³-hybridized carbons (Fsp3) is 0.500. The van der Waals surface area contributed by atoms with E-state index in [0.29, 0.717) is 10.8 Å². The molecule has 1 saturated carbocycles. The normalized spacial score (nSPS) is 16.1. The first kappa shape index (κ1) is 13.5. The third-order valence-corrected chi connectivity index (χ3v) is 4.54. The number of amides is 1. The molecule has 1 fully saturated rings. The zero-order valence-electron chi connectivity index (χ0n) is 9.94. The summed E-state index contributed by atoms with van der Waals surface area (Å²) in [6.45, 7) is 0. The van der Waals surface area contributed by atoms with Crippen LogP contribution in [0.2, 0.25) is 0 Å². The number of nitrogens with one attached hydrogen (secondary N) is 1. The van der Waals surface area contributed by atoms with Gasteiger partial charge in [0.15, 0.2) is 0 Å². The zero-order valence-corrected chi connectivity index (χ0v) is 12.3. The van der Waals surface area contributed by atoms with Gasteiger partial charge in [-0.1, -0.05) is 0 Å². The molecule has 0 aliphatic heterocycles. The molecule has 0 bridgehead atoms. The molecule has 4 nitrogen and oxygen atoms in total. The molecule has 0 radical (unpaired) electrons. The SMILES string of the molecule is COC(=O)C[C@H](NC(=O)c1ccc(Br)s1)C1CC1. The highest BCUT2D eigenvalue weighted by atomic mass is 79.9. The van der Waals surface area contributed by atoms with Crippen LogP contribution >= 0.6 is 27.3 Å². The predicted molar refractivity (Wildman–Crippen MR) is 72.6 cm³/mol. The molecule has 2 rings (SSSR count). The highest BCUT2D eigenvalue weighted by Gasteiger charge is 2.34. The van der Waals surface area contributed by atoms with Crippen molar-refractivity contribution in [3.63, 3.8) is 0 Å². The molecule has 1 amide bonds. The van der Waals surface area contributed by atoms with E-state index in [1.807, 2.05) is 6.07 Å². The summed E-state index contributed by atoms with van der Waals surface area (Å²) in [7, 11) is 1.37. The third kappa shape index (κ3) is 3.55. The van der Waals surface area contributed by atoms with Crippen LogP contribution in [0.4, 0.5) is 0 Å². The minimum absolute atomic E-state index is 0.106. The van der Waals surface area contributed by atoms with Crippen LogP contribution in [0, 0.1) is 5.92 Å². The van der Waals surface area contributed by atoms with Crippen molar-refractivity contribution in [3.8, 4) is 0 Å². The van der Waals surface area contributed by atoms with Crippen molar-refractivity contribution in [2.45, 2.75) is 25.3 Å². The lowest BCUT2D eigenvalue weighted by Crippen LogP contribution is -2.38. The van der Waals surface area contributed by atoms with E-state index in [1.165, 1.54) is 18.4 Å². The maximum Gasteiger partial charge on any atom is 0.307 e. The minimum Gasteiger partial charge on any atom is -0.469 e. The van der Waals surface area contributed by atoms with Crippen LogP contribution in [0.3, 0.4) is 0 Å². The Hall–Kier alpha value is -0.880. The Labute approximate surface area is 118 Å². The van der Waals surface area contributed by atoms with Crippen molar-refractivity contribution in [2.75, 3.05) is 7.11 Å². The molecule has 1 aromatic heterocycles. The largest absolute Gasteiger partial charge is 0.469 e. The summed E-state index contributed by atoms with van der Waals surface area (Å²) in [6.07, 6.45) is 2.38. The Morgan fingerprint density at radius 3 is 2.78 bits per heavy atom. The molecule has 1 aliphatic carbocycles. The molecule has 0 saturated heterocycles. The van der Waals surface area contributed by atoms with E-state index in [-0.39, 0.29) is 24.3 Å². The average Bonchev–Trinajstić information content (AvgIpc) is 3.10. The Kier molecular flexibility index (Phi) is 4.40. The van der Waals surface area contributed by atoms with Crippen LogP contribution in [0.15, 0.2) is 15.9 Å². The van der Waals surface area contributed by atoms with Gasteiger partial charge in [-0.05, 0) is 46.8 Å². The van der Waals surface area contributed by atoms with E-state index in [9.17, 15) is 9.59 Å². The molecule has 1 atom stereocenters. The minimum atomic E-state index is -0.278. The van der Waals surface area contributed by atoms with Gasteiger partial charge in [-0.2, -0.15) is 0 Å². The van der Waals surface area contributed by atoms with Crippen LogP contribution in [0.5, 0.6) is 0 Å². The number of rotatable bonds is 5. The quantitative estimate of drug-likeness (QED) is 0.843. The van der Waals surface area contributed by atoms with E-state index in [0.717, 1.165) is 16.6 Å². The highest BCUT2D eigenvalue weighted by Crippen LogP contribution is 2.34. The van der Waals surface area contributed by atoms with Crippen LogP contribution < -0.4 is 5.32 Å². The fourth-order valence-electron chi connectivity index (χ4n) is 1.77. The second kappa shape index (κ2) is 5.84. The third-order valence-electron chi connectivity index (χ3n) is 2.92. The van der Waals surface area contributed by atoms with E-state index in [2.05, 4.69) is 26.0 Å². The number of hydrogen-bond donors (Lipinski definition) is 1. The smallest absolute Gasteiger partial charge is 0.307 e. The fourth-order valence-corrected chi connectivity index (χ4v) is 3.06. The standard InChI is InChI=1S/C12H14BrNO3S/c1-17-11(15)6-8(7-2-3-7)14-12(16)9-4-5-10(13)18-9/h4-5,7-8H,2-3,6H2,1H3,(H,14,16)/t8-/m0/s1. The summed E-state index contributed by atoms with van der Waals surface area (Å²) in [5, 5.41) is 2.92. The molecule has 1 heterocycles. The van der Waals surface area contributed by atoms with Crippen molar-refractivity contribution in [1.29, 1.82) is 0 Å². The van der Waals surface area contributed by atoms with Crippen LogP contribution in [0.1, 0.15) is 28.9 Å². The van der Waals surface area contributed by atoms with Gasteiger partial charge in [0.25, 0.3) is 5.91 Å². The van der Waals surface area contributed by atoms with Gasteiger partial charge in [0, 0.05) is 6.04 Å². The zero-order chi connectivity index (χ0) is 13.1. The maximum absolute atomic E-state index is 12.0. The van der Waals surface area contributed by atoms with Gasteiger partial charge in [0.2, 0.25) is 0 Å². The molecule has 6 heteroatoms. The Bertz CT molecular complexity index is 456. The van der Waals surface area contributed by atoms with E-state index >= 15 is 0 Å². The number of carbonyl (C=O) groups is 2. The maximum atomic E-state index is 12.0. The Balaban J connectivity index is 1.96. The molecular formula is C12H14BrNO3S. The van der Waals surface area contributed by atoms with Gasteiger partial charge in [-0.3, -0.25) is 9.59 Å². The summed E-state index contributed by atoms with van der Waals surface area (Å²) in [5.41, 5.74) is 0. The van der Waals surface area contributed by atoms with Crippen molar-refractivity contribution >= 4 is 39.1 Å². The van der Waals surface area contributed by atoms with Crippen molar-refractivity contribution in [3.05, 3.63) is 20.8 Å². The number of hydrogen-bond acceptors (Lipinski definition) is 4. The number of halogens is 1. The summed E-state index contributed by atoms with van der Waals surface area (Å²) < 4.78 is 5.57. The van der Waals surface area contributed by atoms with Gasteiger partial charge in [0.1, 0.15) is 0 Å². The number of esters is 1. The number of thiophene rings is 1. The molecule has 1 aliphatic rings. The van der Waals surface area contributed by atoms with E-state index < -0.39 is 0 Å². The highest BCUT2D eigenvalue weighted by molar-refractivity contribution is 9.11. The van der Waals surface area contributed by atoms with Crippen molar-refractivity contribution in [2.24, 2.45) is 5.92 Å². The first-order valence-corrected chi connectivity index (χ1v) is 7.34. The number of ether oxygens (including phenoxy) is 1. The molecule has 0 spiro atoms. The lowest BCUT2D eigenvalue weighted by Gasteiger charge is -2.16. The van der Waals surface area contributed by atoms with Gasteiger partial charge < -0.3 is 10.1 Å². The molecule has 18 heavy (non-hydrogen) atoms. The monoisotopic (exact) mass is 331 g/mol. The van der Waals surface area contributed by atoms with Gasteiger partial charge in [-0.15, -0.1) is 11.3 Å². The Morgan fingerprint density at radius 1 is 1.56 bits per heavy atom. The first-order chi connectivity index (χ1) is 8.60. The molecule has 1 N–H and O–H groups in total. The van der Waals surface area contributed by atoms with Gasteiger partial charge in [-0.25, -0.2) is 0 Å². The first-order valence-electron chi connectivity index (χ1n) is 5.73. The van der Waals surface area contributed by atoms with Gasteiger partial charge >= 0.3 is 5.97 Å². The van der Waals surface area contributed by atoms with Crippen LogP contribution in [-0.4, -0.2) is 25.0 Å². The predicted octanol–water partition coefficient (Wildman–Crippen LogP) is 2.58. The molecule has 0 unspecified atom stereocenters. The van der Waals surface area contributed by atoms with Gasteiger partial charge in [0.05, 0.1) is 22.2 Å². The number of methoxy groups -OCH3 is 1. The van der Waals surface area contributed by atoms with Crippen molar-refractivity contribution in [1.82, 2.24) is 5.32 Å². The second-order valence-corrected chi connectivity index (χ2v) is 6.76. The molecule has 1 aromatic rings. The molecule has 0 aromatic carbocycles. The second-order valence-electron chi connectivity index (χ2n) is 4.30. The molecule has 98 valence electrons. The lowest BCUT2D eigenvalue weighted by molar-refractivity contribution is -0.141. The summed E-state index contributed by atoms with van der Waals surface area (Å²) >= 11 is 4.71. The summed E-state index contributed by atoms with van der Waals surface area (Å²) in [4.78, 5) is 23.9.